The average Bonchev–Trinajstić information content (AvgIpc) is 2.37. The van der Waals surface area contributed by atoms with Crippen LogP contribution in [-0.4, -0.2) is 50.7 Å². The van der Waals surface area contributed by atoms with Crippen molar-refractivity contribution in [2.45, 2.75) is 4.90 Å². The lowest BCUT2D eigenvalue weighted by molar-refractivity contribution is 0.430. The molecule has 1 heterocycles. The van der Waals surface area contributed by atoms with E-state index in [1.165, 1.54) is 12.1 Å². The van der Waals surface area contributed by atoms with Crippen LogP contribution in [0.2, 0.25) is 0 Å². The highest BCUT2D eigenvalue weighted by atomic mass is 32.2. The number of sulfonamides is 1. The van der Waals surface area contributed by atoms with E-state index in [0.29, 0.717) is 0 Å². The summed E-state index contributed by atoms with van der Waals surface area (Å²) in [7, 11) is -7.27. The lowest BCUT2D eigenvalue weighted by Crippen LogP contribution is -2.44. The molecule has 0 aliphatic carbocycles. The third-order valence-corrected chi connectivity index (χ3v) is 6.90. The topological polar surface area (TPSA) is 97.5 Å². The van der Waals surface area contributed by atoms with Crippen molar-refractivity contribution >= 4 is 37.1 Å². The summed E-state index contributed by atoms with van der Waals surface area (Å²) >= 11 is 4.70. The summed E-state index contributed by atoms with van der Waals surface area (Å²) in [5.74, 6) is -1.35. The smallest absolute Gasteiger partial charge is 0.243 e. The van der Waals surface area contributed by atoms with Crippen LogP contribution in [0.3, 0.4) is 0 Å². The molecule has 0 saturated carbocycles. The molecule has 21 heavy (non-hydrogen) atoms. The Kier molecular flexibility index (Phi) is 4.34. The first-order chi connectivity index (χ1) is 9.65. The predicted molar refractivity (Wildman–Crippen MR) is 79.7 cm³/mol. The van der Waals surface area contributed by atoms with Crippen molar-refractivity contribution in [1.82, 2.24) is 4.31 Å². The minimum Gasteiger partial charge on any atom is -0.389 e. The number of halogens is 1. The van der Waals surface area contributed by atoms with Crippen LogP contribution in [0.15, 0.2) is 23.1 Å². The summed E-state index contributed by atoms with van der Waals surface area (Å²) in [6, 6.07) is 3.51. The van der Waals surface area contributed by atoms with E-state index in [9.17, 15) is 21.2 Å². The maximum Gasteiger partial charge on any atom is 0.243 e. The van der Waals surface area contributed by atoms with Gasteiger partial charge < -0.3 is 5.73 Å². The summed E-state index contributed by atoms with van der Waals surface area (Å²) in [5.41, 5.74) is 5.05. The van der Waals surface area contributed by atoms with Crippen LogP contribution < -0.4 is 5.73 Å². The van der Waals surface area contributed by atoms with Crippen LogP contribution in [0.4, 0.5) is 4.39 Å². The minimum atomic E-state index is -4.05. The molecule has 0 radical (unpaired) electrons. The van der Waals surface area contributed by atoms with E-state index in [0.717, 1.165) is 10.4 Å². The SMILES string of the molecule is NC(=S)c1c(F)cccc1S(=O)(=O)N1CCS(=O)(=O)CC1. The fourth-order valence-corrected chi connectivity index (χ4v) is 5.40. The molecule has 0 unspecified atom stereocenters. The zero-order chi connectivity index (χ0) is 15.8. The molecular formula is C11H13FN2O4S3. The molecule has 116 valence electrons. The van der Waals surface area contributed by atoms with Crippen LogP contribution in [0.1, 0.15) is 5.56 Å². The van der Waals surface area contributed by atoms with Gasteiger partial charge in [-0.1, -0.05) is 18.3 Å². The highest BCUT2D eigenvalue weighted by Gasteiger charge is 2.33. The number of sulfone groups is 1. The minimum absolute atomic E-state index is 0.169. The van der Waals surface area contributed by atoms with Crippen LogP contribution in [-0.2, 0) is 19.9 Å². The van der Waals surface area contributed by atoms with Crippen molar-refractivity contribution in [3.8, 4) is 0 Å². The maximum absolute atomic E-state index is 13.8. The normalized spacial score (nSPS) is 19.3. The van der Waals surface area contributed by atoms with Gasteiger partial charge in [0.05, 0.1) is 22.0 Å². The Morgan fingerprint density at radius 2 is 1.86 bits per heavy atom. The fraction of sp³-hybridized carbons (Fsp3) is 0.364. The summed E-state index contributed by atoms with van der Waals surface area (Å²) < 4.78 is 62.6. The molecule has 2 N–H and O–H groups in total. The van der Waals surface area contributed by atoms with Crippen LogP contribution in [0, 0.1) is 5.82 Å². The van der Waals surface area contributed by atoms with Crippen molar-refractivity contribution < 1.29 is 21.2 Å². The second-order valence-corrected chi connectivity index (χ2v) is 9.18. The monoisotopic (exact) mass is 352 g/mol. The summed E-state index contributed by atoms with van der Waals surface area (Å²) in [6.45, 7) is -0.337. The third-order valence-electron chi connectivity index (χ3n) is 3.14. The van der Waals surface area contributed by atoms with Crippen molar-refractivity contribution in [1.29, 1.82) is 0 Å². The Hall–Kier alpha value is -1.10. The quantitative estimate of drug-likeness (QED) is 0.762. The summed E-state index contributed by atoms with van der Waals surface area (Å²) in [6.07, 6.45) is 0. The zero-order valence-corrected chi connectivity index (χ0v) is 13.3. The largest absolute Gasteiger partial charge is 0.389 e. The van der Waals surface area contributed by atoms with Crippen molar-refractivity contribution in [2.75, 3.05) is 24.6 Å². The molecule has 0 aromatic heterocycles. The van der Waals surface area contributed by atoms with Gasteiger partial charge >= 0.3 is 0 Å². The highest BCUT2D eigenvalue weighted by Crippen LogP contribution is 2.24. The van der Waals surface area contributed by atoms with E-state index in [1.807, 2.05) is 0 Å². The Morgan fingerprint density at radius 3 is 2.38 bits per heavy atom. The van der Waals surface area contributed by atoms with Gasteiger partial charge in [-0.15, -0.1) is 0 Å². The molecule has 10 heteroatoms. The molecule has 0 bridgehead atoms. The van der Waals surface area contributed by atoms with Gasteiger partial charge in [0.15, 0.2) is 9.84 Å². The average molecular weight is 352 g/mol. The highest BCUT2D eigenvalue weighted by molar-refractivity contribution is 7.92. The Morgan fingerprint density at radius 1 is 1.29 bits per heavy atom. The van der Waals surface area contributed by atoms with Crippen molar-refractivity contribution in [2.24, 2.45) is 5.73 Å². The van der Waals surface area contributed by atoms with Gasteiger partial charge in [0.25, 0.3) is 0 Å². The maximum atomic E-state index is 13.8. The summed E-state index contributed by atoms with van der Waals surface area (Å²) in [4.78, 5) is -0.703. The van der Waals surface area contributed by atoms with Crippen molar-refractivity contribution in [3.05, 3.63) is 29.6 Å². The van der Waals surface area contributed by atoms with E-state index >= 15 is 0 Å². The van der Waals surface area contributed by atoms with Crippen molar-refractivity contribution in [3.63, 3.8) is 0 Å². The molecule has 0 spiro atoms. The lowest BCUT2D eigenvalue weighted by atomic mass is 10.2. The number of hydrogen-bond acceptors (Lipinski definition) is 5. The lowest BCUT2D eigenvalue weighted by Gasteiger charge is -2.26. The molecule has 1 aromatic carbocycles. The molecule has 6 nitrogen and oxygen atoms in total. The fourth-order valence-electron chi connectivity index (χ4n) is 2.03. The number of rotatable bonds is 3. The van der Waals surface area contributed by atoms with E-state index in [4.69, 9.17) is 18.0 Å². The molecule has 0 amide bonds. The molecule has 2 rings (SSSR count). The van der Waals surface area contributed by atoms with Gasteiger partial charge in [-0.25, -0.2) is 21.2 Å². The third kappa shape index (κ3) is 3.23. The van der Waals surface area contributed by atoms with Gasteiger partial charge in [-0.05, 0) is 12.1 Å². The van der Waals surface area contributed by atoms with Crippen LogP contribution in [0.5, 0.6) is 0 Å². The van der Waals surface area contributed by atoms with E-state index in [1.54, 1.807) is 0 Å². The first-order valence-electron chi connectivity index (χ1n) is 5.94. The Balaban J connectivity index is 2.46. The number of thiocarbonyl (C=S) groups is 1. The molecule has 1 aliphatic heterocycles. The molecule has 1 aromatic rings. The first-order valence-corrected chi connectivity index (χ1v) is 9.61. The van der Waals surface area contributed by atoms with Gasteiger partial charge in [-0.2, -0.15) is 4.31 Å². The van der Waals surface area contributed by atoms with Gasteiger partial charge in [0, 0.05) is 13.1 Å². The Labute approximate surface area is 127 Å². The standard InChI is InChI=1S/C11H13FN2O4S3/c12-8-2-1-3-9(10(8)11(13)19)21(17,18)14-4-6-20(15,16)7-5-14/h1-3H,4-7H2,(H2,13,19). The number of nitrogens with two attached hydrogens (primary N) is 1. The number of hydrogen-bond donors (Lipinski definition) is 1. The van der Waals surface area contributed by atoms with Gasteiger partial charge in [0.2, 0.25) is 10.0 Å². The van der Waals surface area contributed by atoms with E-state index in [-0.39, 0.29) is 40.0 Å². The van der Waals surface area contributed by atoms with E-state index in [2.05, 4.69) is 0 Å². The number of benzene rings is 1. The second kappa shape index (κ2) is 5.59. The van der Waals surface area contributed by atoms with E-state index < -0.39 is 25.7 Å². The Bertz CT molecular complexity index is 776. The molecule has 1 saturated heterocycles. The van der Waals surface area contributed by atoms with Gasteiger partial charge in [-0.3, -0.25) is 0 Å². The summed E-state index contributed by atoms with van der Waals surface area (Å²) in [5, 5.41) is 0. The predicted octanol–water partition coefficient (Wildman–Crippen LogP) is -0.121. The molecule has 1 aliphatic rings. The molecular weight excluding hydrogens is 339 g/mol. The molecule has 0 atom stereocenters. The van der Waals surface area contributed by atoms with Crippen LogP contribution in [0.25, 0.3) is 0 Å². The number of nitrogens with zero attached hydrogens (tertiary/aromatic N) is 1. The first kappa shape index (κ1) is 16.3. The second-order valence-electron chi connectivity index (χ2n) is 4.53. The van der Waals surface area contributed by atoms with Crippen LogP contribution >= 0.6 is 12.2 Å². The molecule has 1 fully saturated rings. The zero-order valence-electron chi connectivity index (χ0n) is 10.8. The van der Waals surface area contributed by atoms with Gasteiger partial charge in [0.1, 0.15) is 10.8 Å².